The molecular formula is C27H36N4O2. The van der Waals surface area contributed by atoms with E-state index in [-0.39, 0.29) is 0 Å². The number of hydrogen-bond donors (Lipinski definition) is 1. The molecule has 5 rings (SSSR count). The smallest absolute Gasteiger partial charge is 0.151 e. The molecule has 0 radical (unpaired) electrons. The van der Waals surface area contributed by atoms with Gasteiger partial charge in [0.2, 0.25) is 0 Å². The Bertz CT molecular complexity index is 972. The van der Waals surface area contributed by atoms with Crippen molar-refractivity contribution in [3.05, 3.63) is 64.5 Å². The number of pyridine rings is 1. The molecular weight excluding hydrogens is 412 g/mol. The first-order chi connectivity index (χ1) is 16.2. The van der Waals surface area contributed by atoms with Crippen molar-refractivity contribution in [2.24, 2.45) is 0 Å². The van der Waals surface area contributed by atoms with Gasteiger partial charge in [0.15, 0.2) is 5.78 Å². The number of benzene rings is 1. The summed E-state index contributed by atoms with van der Waals surface area (Å²) < 4.78 is 5.41. The Hall–Kier alpha value is -2.12. The summed E-state index contributed by atoms with van der Waals surface area (Å²) in [6, 6.07) is 11.5. The summed E-state index contributed by atoms with van der Waals surface area (Å²) >= 11 is 0. The highest BCUT2D eigenvalue weighted by molar-refractivity contribution is 5.83. The second-order valence-electron chi connectivity index (χ2n) is 9.84. The van der Waals surface area contributed by atoms with Crippen LogP contribution in [0.1, 0.15) is 46.8 Å². The van der Waals surface area contributed by atoms with Gasteiger partial charge in [-0.2, -0.15) is 0 Å². The third-order valence-electron chi connectivity index (χ3n) is 7.50. The third-order valence-corrected chi connectivity index (χ3v) is 7.50. The lowest BCUT2D eigenvalue weighted by Gasteiger charge is -2.36. The SMILES string of the molecule is CN(C[C@H]1Cc2c(cccc2CC(=O)CN2CCOCC2)CN1)[C@H]1CCCc2cccnc21. The van der Waals surface area contributed by atoms with Gasteiger partial charge in [0.1, 0.15) is 0 Å². The molecule has 0 spiro atoms. The lowest BCUT2D eigenvalue weighted by Crippen LogP contribution is -2.45. The van der Waals surface area contributed by atoms with E-state index >= 15 is 0 Å². The first-order valence-corrected chi connectivity index (χ1v) is 12.5. The van der Waals surface area contributed by atoms with Gasteiger partial charge >= 0.3 is 0 Å². The number of rotatable bonds is 7. The van der Waals surface area contributed by atoms with E-state index in [1.807, 2.05) is 6.20 Å². The van der Waals surface area contributed by atoms with Crippen LogP contribution in [0.15, 0.2) is 36.5 Å². The average molecular weight is 449 g/mol. The molecule has 3 heterocycles. The fourth-order valence-corrected chi connectivity index (χ4v) is 5.75. The van der Waals surface area contributed by atoms with Crippen molar-refractivity contribution in [3.8, 4) is 0 Å². The van der Waals surface area contributed by atoms with Gasteiger partial charge in [-0.3, -0.25) is 19.6 Å². The van der Waals surface area contributed by atoms with Gasteiger partial charge < -0.3 is 10.1 Å². The maximum atomic E-state index is 12.8. The molecule has 2 atom stereocenters. The number of carbonyl (C=O) groups is 1. The van der Waals surface area contributed by atoms with E-state index < -0.39 is 0 Å². The molecule has 1 saturated heterocycles. The second kappa shape index (κ2) is 10.4. The van der Waals surface area contributed by atoms with Crippen LogP contribution in [-0.4, -0.2) is 73.0 Å². The highest BCUT2D eigenvalue weighted by atomic mass is 16.5. The lowest BCUT2D eigenvalue weighted by atomic mass is 9.88. The summed E-state index contributed by atoms with van der Waals surface area (Å²) in [6.07, 6.45) is 6.98. The number of ketones is 1. The molecule has 2 aromatic rings. The largest absolute Gasteiger partial charge is 0.379 e. The molecule has 2 aliphatic heterocycles. The zero-order valence-electron chi connectivity index (χ0n) is 19.8. The topological polar surface area (TPSA) is 57.7 Å². The zero-order chi connectivity index (χ0) is 22.6. The zero-order valence-corrected chi connectivity index (χ0v) is 19.8. The van der Waals surface area contributed by atoms with Crippen molar-refractivity contribution in [2.45, 2.75) is 50.7 Å². The third kappa shape index (κ3) is 5.35. The number of aryl methyl sites for hydroxylation is 1. The fraction of sp³-hybridized carbons (Fsp3) is 0.556. The number of ether oxygens (including phenoxy) is 1. The molecule has 0 amide bonds. The quantitative estimate of drug-likeness (QED) is 0.703. The number of hydrogen-bond acceptors (Lipinski definition) is 6. The average Bonchev–Trinajstić information content (AvgIpc) is 2.84. The maximum absolute atomic E-state index is 12.8. The summed E-state index contributed by atoms with van der Waals surface area (Å²) in [6.45, 7) is 5.57. The number of carbonyl (C=O) groups excluding carboxylic acids is 1. The van der Waals surface area contributed by atoms with Gasteiger partial charge in [-0.15, -0.1) is 0 Å². The summed E-state index contributed by atoms with van der Waals surface area (Å²) in [5.74, 6) is 0.308. The lowest BCUT2D eigenvalue weighted by molar-refractivity contribution is -0.120. The standard InChI is InChI=1S/C27H36N4O2/c1-30(26-9-3-5-20-8-4-10-28-27(20)26)18-23-16-25-21(6-2-7-22(25)17-29-23)15-24(32)19-31-11-13-33-14-12-31/h2,4,6-8,10,23,26,29H,3,5,9,11-19H2,1H3/t23-,26+/m1/s1. The minimum absolute atomic E-state index is 0.308. The number of morpholine rings is 1. The number of nitrogens with zero attached hydrogens (tertiary/aromatic N) is 3. The van der Waals surface area contributed by atoms with Crippen molar-refractivity contribution in [1.82, 2.24) is 20.1 Å². The van der Waals surface area contributed by atoms with E-state index in [4.69, 9.17) is 9.72 Å². The number of aromatic nitrogens is 1. The molecule has 33 heavy (non-hydrogen) atoms. The monoisotopic (exact) mass is 448 g/mol. The van der Waals surface area contributed by atoms with E-state index in [1.165, 1.54) is 40.8 Å². The Balaban J connectivity index is 1.23. The predicted octanol–water partition coefficient (Wildman–Crippen LogP) is 2.55. The first-order valence-electron chi connectivity index (χ1n) is 12.5. The maximum Gasteiger partial charge on any atom is 0.151 e. The van der Waals surface area contributed by atoms with Crippen molar-refractivity contribution in [3.63, 3.8) is 0 Å². The highest BCUT2D eigenvalue weighted by Crippen LogP contribution is 2.32. The molecule has 1 N–H and O–H groups in total. The van der Waals surface area contributed by atoms with E-state index in [0.717, 1.165) is 52.2 Å². The summed E-state index contributed by atoms with van der Waals surface area (Å²) in [7, 11) is 2.24. The number of nitrogens with one attached hydrogen (secondary N) is 1. The fourth-order valence-electron chi connectivity index (χ4n) is 5.75. The van der Waals surface area contributed by atoms with Gasteiger partial charge in [0.25, 0.3) is 0 Å². The molecule has 1 aliphatic carbocycles. The molecule has 1 fully saturated rings. The summed E-state index contributed by atoms with van der Waals surface area (Å²) in [5, 5.41) is 3.75. The van der Waals surface area contributed by atoms with Gasteiger partial charge in [-0.1, -0.05) is 24.3 Å². The minimum Gasteiger partial charge on any atom is -0.379 e. The molecule has 0 bridgehead atoms. The van der Waals surface area contributed by atoms with Crippen LogP contribution in [0.25, 0.3) is 0 Å². The second-order valence-corrected chi connectivity index (χ2v) is 9.84. The van der Waals surface area contributed by atoms with Gasteiger partial charge in [0.05, 0.1) is 31.5 Å². The van der Waals surface area contributed by atoms with E-state index in [2.05, 4.69) is 52.5 Å². The normalized spacial score (nSPS) is 23.2. The number of fused-ring (bicyclic) bond motifs is 2. The Morgan fingerprint density at radius 2 is 2.06 bits per heavy atom. The van der Waals surface area contributed by atoms with Crippen molar-refractivity contribution in [1.29, 1.82) is 0 Å². The Morgan fingerprint density at radius 1 is 1.21 bits per heavy atom. The number of Topliss-reactive ketones (excluding diaryl/α,β-unsaturated/α-hetero) is 1. The van der Waals surface area contributed by atoms with Gasteiger partial charge in [-0.05, 0) is 61.1 Å². The molecule has 1 aromatic carbocycles. The molecule has 176 valence electrons. The predicted molar refractivity (Wildman–Crippen MR) is 129 cm³/mol. The molecule has 0 saturated carbocycles. The molecule has 6 heteroatoms. The van der Waals surface area contributed by atoms with Crippen molar-refractivity contribution >= 4 is 5.78 Å². The van der Waals surface area contributed by atoms with Crippen molar-refractivity contribution < 1.29 is 9.53 Å². The van der Waals surface area contributed by atoms with Crippen LogP contribution in [0, 0.1) is 0 Å². The first kappa shape index (κ1) is 22.7. The Labute approximate surface area is 197 Å². The van der Waals surface area contributed by atoms with Gasteiger partial charge in [-0.25, -0.2) is 0 Å². The summed E-state index contributed by atoms with van der Waals surface area (Å²) in [4.78, 5) is 22.3. The molecule has 6 nitrogen and oxygen atoms in total. The van der Waals surface area contributed by atoms with E-state index in [1.54, 1.807) is 0 Å². The molecule has 3 aliphatic rings. The molecule has 0 unspecified atom stereocenters. The van der Waals surface area contributed by atoms with E-state index in [9.17, 15) is 4.79 Å². The minimum atomic E-state index is 0.308. The summed E-state index contributed by atoms with van der Waals surface area (Å²) in [5.41, 5.74) is 6.60. The van der Waals surface area contributed by atoms with Crippen LogP contribution in [0.3, 0.4) is 0 Å². The number of likely N-dealkylation sites (N-methyl/N-ethyl adjacent to an activating group) is 1. The van der Waals surface area contributed by atoms with Crippen molar-refractivity contribution in [2.75, 3.05) is 46.4 Å². The van der Waals surface area contributed by atoms with Crippen LogP contribution < -0.4 is 5.32 Å². The van der Waals surface area contributed by atoms with Crippen LogP contribution in [0.4, 0.5) is 0 Å². The van der Waals surface area contributed by atoms with Crippen LogP contribution in [0.2, 0.25) is 0 Å². The van der Waals surface area contributed by atoms with Gasteiger partial charge in [0, 0.05) is 44.8 Å². The Morgan fingerprint density at radius 3 is 2.94 bits per heavy atom. The van der Waals surface area contributed by atoms with Crippen LogP contribution in [0.5, 0.6) is 0 Å². The van der Waals surface area contributed by atoms with Crippen LogP contribution >= 0.6 is 0 Å². The molecule has 1 aromatic heterocycles. The van der Waals surface area contributed by atoms with E-state index in [0.29, 0.717) is 30.8 Å². The highest BCUT2D eigenvalue weighted by Gasteiger charge is 2.28. The Kier molecular flexibility index (Phi) is 7.16. The van der Waals surface area contributed by atoms with Crippen LogP contribution in [-0.2, 0) is 35.3 Å².